The number of aryl methyl sites for hydroxylation is 1. The van der Waals surface area contributed by atoms with Crippen LogP contribution in [0.2, 0.25) is 0 Å². The summed E-state index contributed by atoms with van der Waals surface area (Å²) in [5.74, 6) is 0. The number of hydrogen-bond donors (Lipinski definition) is 2. The van der Waals surface area contributed by atoms with Gasteiger partial charge in [-0.05, 0) is 25.1 Å². The second-order valence-corrected chi connectivity index (χ2v) is 3.24. The molecule has 0 saturated carbocycles. The fourth-order valence-electron chi connectivity index (χ4n) is 1.37. The molecule has 0 atom stereocenters. The van der Waals surface area contributed by atoms with Crippen LogP contribution in [-0.4, -0.2) is 15.2 Å². The van der Waals surface area contributed by atoms with E-state index in [4.69, 9.17) is 0 Å². The lowest BCUT2D eigenvalue weighted by atomic mass is 10.1. The van der Waals surface area contributed by atoms with Gasteiger partial charge in [0.2, 0.25) is 0 Å². The van der Waals surface area contributed by atoms with Gasteiger partial charge in [0, 0.05) is 23.9 Å². The highest BCUT2D eigenvalue weighted by atomic mass is 16.1. The maximum Gasteiger partial charge on any atom is 0.267 e. The number of aromatic amines is 2. The van der Waals surface area contributed by atoms with Gasteiger partial charge in [-0.15, -0.1) is 0 Å². The second-order valence-electron chi connectivity index (χ2n) is 3.24. The van der Waals surface area contributed by atoms with Crippen molar-refractivity contribution < 1.29 is 0 Å². The Morgan fingerprint density at radius 3 is 3.07 bits per heavy atom. The van der Waals surface area contributed by atoms with E-state index in [2.05, 4.69) is 15.2 Å². The van der Waals surface area contributed by atoms with Gasteiger partial charge in [0.05, 0.1) is 5.69 Å². The Morgan fingerprint density at radius 2 is 2.36 bits per heavy atom. The van der Waals surface area contributed by atoms with Crippen LogP contribution in [0.3, 0.4) is 0 Å². The molecule has 0 aliphatic rings. The Labute approximate surface area is 81.0 Å². The van der Waals surface area contributed by atoms with Crippen molar-refractivity contribution in [3.63, 3.8) is 0 Å². The van der Waals surface area contributed by atoms with E-state index in [9.17, 15) is 4.79 Å². The number of nitrogens with one attached hydrogen (secondary N) is 2. The van der Waals surface area contributed by atoms with Crippen LogP contribution in [0.5, 0.6) is 0 Å². The summed E-state index contributed by atoms with van der Waals surface area (Å²) >= 11 is 0. The van der Waals surface area contributed by atoms with Gasteiger partial charge in [-0.3, -0.25) is 4.79 Å². The molecule has 0 bridgehead atoms. The van der Waals surface area contributed by atoms with Crippen LogP contribution in [-0.2, 0) is 6.42 Å². The summed E-state index contributed by atoms with van der Waals surface area (Å²) in [6.07, 6.45) is 2.46. The summed E-state index contributed by atoms with van der Waals surface area (Å²) in [5.41, 5.74) is 2.47. The molecule has 2 heterocycles. The average Bonchev–Trinajstić information content (AvgIpc) is 2.64. The summed E-state index contributed by atoms with van der Waals surface area (Å²) in [5, 5.41) is 6.28. The first-order chi connectivity index (χ1) is 6.75. The van der Waals surface area contributed by atoms with Crippen molar-refractivity contribution in [3.05, 3.63) is 51.7 Å². The third-order valence-corrected chi connectivity index (χ3v) is 2.05. The van der Waals surface area contributed by atoms with Gasteiger partial charge in [-0.1, -0.05) is 0 Å². The molecule has 2 aromatic rings. The van der Waals surface area contributed by atoms with Gasteiger partial charge in [-0.25, -0.2) is 5.10 Å². The molecule has 0 spiro atoms. The molecule has 0 fully saturated rings. The summed E-state index contributed by atoms with van der Waals surface area (Å²) in [6, 6.07) is 5.67. The minimum atomic E-state index is -0.120. The summed E-state index contributed by atoms with van der Waals surface area (Å²) in [4.78, 5) is 14.4. The third kappa shape index (κ3) is 1.74. The van der Waals surface area contributed by atoms with Crippen molar-refractivity contribution in [2.24, 2.45) is 0 Å². The van der Waals surface area contributed by atoms with Crippen molar-refractivity contribution in [1.29, 1.82) is 0 Å². The van der Waals surface area contributed by atoms with E-state index in [1.807, 2.05) is 25.3 Å². The first-order valence-electron chi connectivity index (χ1n) is 4.43. The standard InChI is InChI=1S/C10H11N3O/c1-7-5-8(10(14)13-12-7)6-9-3-2-4-11-9/h2-5,11H,6H2,1H3,(H,13,14). The zero-order valence-electron chi connectivity index (χ0n) is 7.87. The number of H-pyrrole nitrogens is 2. The van der Waals surface area contributed by atoms with Crippen LogP contribution in [0.4, 0.5) is 0 Å². The maximum absolute atomic E-state index is 11.4. The highest BCUT2D eigenvalue weighted by Crippen LogP contribution is 2.02. The minimum Gasteiger partial charge on any atom is -0.365 e. The van der Waals surface area contributed by atoms with Crippen molar-refractivity contribution in [2.75, 3.05) is 0 Å². The minimum absolute atomic E-state index is 0.120. The van der Waals surface area contributed by atoms with Gasteiger partial charge < -0.3 is 4.98 Å². The van der Waals surface area contributed by atoms with E-state index in [0.29, 0.717) is 6.42 Å². The molecule has 14 heavy (non-hydrogen) atoms. The quantitative estimate of drug-likeness (QED) is 0.740. The topological polar surface area (TPSA) is 61.5 Å². The molecule has 72 valence electrons. The Morgan fingerprint density at radius 1 is 1.50 bits per heavy atom. The normalized spacial score (nSPS) is 10.4. The number of aromatic nitrogens is 3. The third-order valence-electron chi connectivity index (χ3n) is 2.05. The zero-order chi connectivity index (χ0) is 9.97. The Bertz CT molecular complexity index is 470. The molecule has 2 aromatic heterocycles. The van der Waals surface area contributed by atoms with Gasteiger partial charge in [0.1, 0.15) is 0 Å². The fourth-order valence-corrected chi connectivity index (χ4v) is 1.37. The van der Waals surface area contributed by atoms with Crippen LogP contribution in [0, 0.1) is 6.92 Å². The first kappa shape index (κ1) is 8.74. The Balaban J connectivity index is 2.33. The van der Waals surface area contributed by atoms with Crippen LogP contribution < -0.4 is 5.56 Å². The average molecular weight is 189 g/mol. The van der Waals surface area contributed by atoms with Crippen molar-refractivity contribution in [3.8, 4) is 0 Å². The zero-order valence-corrected chi connectivity index (χ0v) is 7.87. The number of hydrogen-bond acceptors (Lipinski definition) is 2. The molecule has 0 unspecified atom stereocenters. The summed E-state index contributed by atoms with van der Waals surface area (Å²) < 4.78 is 0. The fraction of sp³-hybridized carbons (Fsp3) is 0.200. The predicted molar refractivity (Wildman–Crippen MR) is 53.2 cm³/mol. The lowest BCUT2D eigenvalue weighted by Crippen LogP contribution is -2.15. The highest BCUT2D eigenvalue weighted by molar-refractivity contribution is 5.19. The molecule has 0 radical (unpaired) electrons. The number of nitrogens with zero attached hydrogens (tertiary/aromatic N) is 1. The monoisotopic (exact) mass is 189 g/mol. The van der Waals surface area contributed by atoms with Gasteiger partial charge >= 0.3 is 0 Å². The van der Waals surface area contributed by atoms with Crippen LogP contribution in [0.15, 0.2) is 29.2 Å². The summed E-state index contributed by atoms with van der Waals surface area (Å²) in [6.45, 7) is 1.86. The highest BCUT2D eigenvalue weighted by Gasteiger charge is 2.02. The van der Waals surface area contributed by atoms with E-state index < -0.39 is 0 Å². The molecular weight excluding hydrogens is 178 g/mol. The van der Waals surface area contributed by atoms with Crippen LogP contribution >= 0.6 is 0 Å². The Kier molecular flexibility index (Phi) is 2.18. The van der Waals surface area contributed by atoms with E-state index in [1.165, 1.54) is 0 Å². The van der Waals surface area contributed by atoms with E-state index >= 15 is 0 Å². The van der Waals surface area contributed by atoms with Gasteiger partial charge in [-0.2, -0.15) is 5.10 Å². The lowest BCUT2D eigenvalue weighted by Gasteiger charge is -1.98. The predicted octanol–water partition coefficient (Wildman–Crippen LogP) is 0.997. The van der Waals surface area contributed by atoms with Crippen LogP contribution in [0.1, 0.15) is 17.0 Å². The molecular formula is C10H11N3O. The molecule has 2 N–H and O–H groups in total. The molecule has 0 aromatic carbocycles. The van der Waals surface area contributed by atoms with Gasteiger partial charge in [0.15, 0.2) is 0 Å². The van der Waals surface area contributed by atoms with E-state index in [1.54, 1.807) is 6.07 Å². The Hall–Kier alpha value is -1.84. The smallest absolute Gasteiger partial charge is 0.267 e. The molecule has 0 saturated heterocycles. The van der Waals surface area contributed by atoms with E-state index in [-0.39, 0.29) is 5.56 Å². The molecule has 0 amide bonds. The van der Waals surface area contributed by atoms with Crippen molar-refractivity contribution in [1.82, 2.24) is 15.2 Å². The second kappa shape index (κ2) is 3.49. The lowest BCUT2D eigenvalue weighted by molar-refractivity contribution is 0.908. The van der Waals surface area contributed by atoms with E-state index in [0.717, 1.165) is 17.0 Å². The summed E-state index contributed by atoms with van der Waals surface area (Å²) in [7, 11) is 0. The number of rotatable bonds is 2. The maximum atomic E-state index is 11.4. The van der Waals surface area contributed by atoms with Crippen molar-refractivity contribution in [2.45, 2.75) is 13.3 Å². The molecule has 4 nitrogen and oxygen atoms in total. The van der Waals surface area contributed by atoms with Gasteiger partial charge in [0.25, 0.3) is 5.56 Å². The van der Waals surface area contributed by atoms with Crippen LogP contribution in [0.25, 0.3) is 0 Å². The molecule has 0 aliphatic carbocycles. The molecule has 2 rings (SSSR count). The largest absolute Gasteiger partial charge is 0.365 e. The SMILES string of the molecule is Cc1cc(Cc2ccc[nH]2)c(=O)[nH]n1. The molecule has 4 heteroatoms. The molecule has 0 aliphatic heterocycles. The van der Waals surface area contributed by atoms with Crippen molar-refractivity contribution >= 4 is 0 Å². The first-order valence-corrected chi connectivity index (χ1v) is 4.43.